The average molecular weight is 347 g/mol. The van der Waals surface area contributed by atoms with Crippen LogP contribution in [0.15, 0.2) is 0 Å². The van der Waals surface area contributed by atoms with Gasteiger partial charge in [-0.3, -0.25) is 0 Å². The number of rotatable bonds is 0. The quantitative estimate of drug-likeness (QED) is 0.512. The molecule has 0 unspecified atom stereocenters. The Kier molecular flexibility index (Phi) is 13.8. The fourth-order valence-corrected chi connectivity index (χ4v) is 1.19. The summed E-state index contributed by atoms with van der Waals surface area (Å²) in [5, 5.41) is 0. The van der Waals surface area contributed by atoms with E-state index in [1.54, 1.807) is 0 Å². The molecule has 1 saturated carbocycles. The predicted octanol–water partition coefficient (Wildman–Crippen LogP) is -1.63. The van der Waals surface area contributed by atoms with Crippen LogP contribution in [-0.2, 0) is 32.0 Å². The molecule has 0 amide bonds. The fourth-order valence-electron chi connectivity index (χ4n) is 1.19. The van der Waals surface area contributed by atoms with E-state index in [1.165, 1.54) is 12.8 Å². The standard InChI is InChI=1S/C6H14N2.2H2O.Pt/c7-5-3-1-2-4-6(5)8;;;/h5-6H,1-4,7-8H2;2*1H2;/q;;;+4/p+2/t5-,6-;;;/m1.../s1. The van der Waals surface area contributed by atoms with Gasteiger partial charge in [-0.2, -0.15) is 0 Å². The third-order valence-corrected chi connectivity index (χ3v) is 1.87. The molecular formula is C6H20N2O2Pt+6. The summed E-state index contributed by atoms with van der Waals surface area (Å²) in [6.07, 6.45) is 4.80. The van der Waals surface area contributed by atoms with Crippen LogP contribution in [0.4, 0.5) is 0 Å². The Morgan fingerprint density at radius 2 is 1.09 bits per heavy atom. The van der Waals surface area contributed by atoms with Crippen LogP contribution in [0.25, 0.3) is 0 Å². The molecule has 1 aliphatic rings. The summed E-state index contributed by atoms with van der Waals surface area (Å²) in [5.74, 6) is 0. The van der Waals surface area contributed by atoms with Gasteiger partial charge in [0.25, 0.3) is 0 Å². The van der Waals surface area contributed by atoms with E-state index in [0.29, 0.717) is 0 Å². The first-order chi connectivity index (χ1) is 3.80. The zero-order valence-corrected chi connectivity index (χ0v) is 8.88. The topological polar surface area (TPSA) is 118 Å². The maximum absolute atomic E-state index is 5.65. The summed E-state index contributed by atoms with van der Waals surface area (Å²) < 4.78 is 0. The van der Waals surface area contributed by atoms with Crippen molar-refractivity contribution in [2.45, 2.75) is 37.8 Å². The van der Waals surface area contributed by atoms with Gasteiger partial charge in [-0.15, -0.1) is 0 Å². The van der Waals surface area contributed by atoms with Crippen LogP contribution < -0.4 is 11.5 Å². The van der Waals surface area contributed by atoms with E-state index in [9.17, 15) is 0 Å². The van der Waals surface area contributed by atoms with Crippen molar-refractivity contribution in [1.82, 2.24) is 0 Å². The molecule has 0 radical (unpaired) electrons. The van der Waals surface area contributed by atoms with Crippen LogP contribution in [0.5, 0.6) is 0 Å². The Labute approximate surface area is 81.6 Å². The molecule has 0 aromatic heterocycles. The molecule has 70 valence electrons. The first kappa shape index (κ1) is 17.6. The van der Waals surface area contributed by atoms with E-state index in [0.717, 1.165) is 12.8 Å². The molecule has 10 N–H and O–H groups in total. The second-order valence-corrected chi connectivity index (χ2v) is 2.61. The number of hydrogen-bond acceptors (Lipinski definition) is 2. The normalized spacial score (nSPS) is 28.9. The third-order valence-electron chi connectivity index (χ3n) is 1.87. The molecule has 0 saturated heterocycles. The SMILES string of the molecule is N[C@@H]1CCCC[C@H]1N.[OH3+].[OH3+].[Pt+4]. The Balaban J connectivity index is -0.000000213. The Morgan fingerprint density at radius 1 is 0.818 bits per heavy atom. The van der Waals surface area contributed by atoms with Gasteiger partial charge < -0.3 is 22.4 Å². The minimum absolute atomic E-state index is 0. The molecule has 0 aliphatic heterocycles. The average Bonchev–Trinajstić information content (AvgIpc) is 1.77. The van der Waals surface area contributed by atoms with Gasteiger partial charge >= 0.3 is 21.1 Å². The summed E-state index contributed by atoms with van der Waals surface area (Å²) in [5.41, 5.74) is 11.3. The largest absolute Gasteiger partial charge is 4.00 e. The van der Waals surface area contributed by atoms with E-state index >= 15 is 0 Å². The van der Waals surface area contributed by atoms with Gasteiger partial charge in [0.1, 0.15) is 0 Å². The van der Waals surface area contributed by atoms with Gasteiger partial charge in [0.2, 0.25) is 0 Å². The van der Waals surface area contributed by atoms with E-state index in [4.69, 9.17) is 11.5 Å². The van der Waals surface area contributed by atoms with Gasteiger partial charge in [-0.1, -0.05) is 12.8 Å². The maximum atomic E-state index is 5.65. The molecule has 5 heteroatoms. The van der Waals surface area contributed by atoms with Crippen molar-refractivity contribution in [2.24, 2.45) is 11.5 Å². The van der Waals surface area contributed by atoms with Gasteiger partial charge in [0.15, 0.2) is 0 Å². The van der Waals surface area contributed by atoms with Crippen molar-refractivity contribution in [3.63, 3.8) is 0 Å². The van der Waals surface area contributed by atoms with Crippen molar-refractivity contribution >= 4 is 0 Å². The van der Waals surface area contributed by atoms with Crippen LogP contribution in [0.1, 0.15) is 25.7 Å². The molecule has 2 atom stereocenters. The van der Waals surface area contributed by atoms with Crippen molar-refractivity contribution in [2.75, 3.05) is 0 Å². The molecular weight excluding hydrogens is 327 g/mol. The minimum atomic E-state index is 0. The number of nitrogens with two attached hydrogens (primary N) is 2. The molecule has 11 heavy (non-hydrogen) atoms. The molecule has 0 heterocycles. The summed E-state index contributed by atoms with van der Waals surface area (Å²) in [6, 6.07) is 0.562. The Bertz CT molecular complexity index is 75.0. The zero-order valence-electron chi connectivity index (χ0n) is 6.61. The van der Waals surface area contributed by atoms with Crippen LogP contribution in [-0.4, -0.2) is 12.1 Å². The second kappa shape index (κ2) is 8.62. The summed E-state index contributed by atoms with van der Waals surface area (Å²) in [4.78, 5) is 0. The smallest absolute Gasteiger partial charge is 0.457 e. The van der Waals surface area contributed by atoms with E-state index in [-0.39, 0.29) is 44.1 Å². The minimum Gasteiger partial charge on any atom is -0.457 e. The van der Waals surface area contributed by atoms with Gasteiger partial charge in [0.05, 0.1) is 0 Å². The summed E-state index contributed by atoms with van der Waals surface area (Å²) in [7, 11) is 0. The molecule has 0 aromatic carbocycles. The van der Waals surface area contributed by atoms with E-state index < -0.39 is 0 Å². The van der Waals surface area contributed by atoms with Crippen molar-refractivity contribution in [1.29, 1.82) is 0 Å². The molecule has 1 aliphatic carbocycles. The van der Waals surface area contributed by atoms with Gasteiger partial charge in [-0.05, 0) is 12.8 Å². The molecule has 0 aromatic rings. The van der Waals surface area contributed by atoms with Crippen LogP contribution in [0.2, 0.25) is 0 Å². The van der Waals surface area contributed by atoms with Gasteiger partial charge in [0, 0.05) is 12.1 Å². The van der Waals surface area contributed by atoms with E-state index in [1.807, 2.05) is 0 Å². The first-order valence-electron chi connectivity index (χ1n) is 3.32. The predicted molar refractivity (Wildman–Crippen MR) is 44.2 cm³/mol. The van der Waals surface area contributed by atoms with Crippen LogP contribution in [0, 0.1) is 0 Å². The first-order valence-corrected chi connectivity index (χ1v) is 3.32. The molecule has 0 bridgehead atoms. The number of hydrogen-bond donors (Lipinski definition) is 2. The fraction of sp³-hybridized carbons (Fsp3) is 1.00. The summed E-state index contributed by atoms with van der Waals surface area (Å²) in [6.45, 7) is 0. The van der Waals surface area contributed by atoms with Crippen molar-refractivity contribution in [3.05, 3.63) is 0 Å². The molecule has 0 spiro atoms. The third kappa shape index (κ3) is 5.76. The van der Waals surface area contributed by atoms with Crippen molar-refractivity contribution in [3.8, 4) is 0 Å². The Morgan fingerprint density at radius 3 is 1.27 bits per heavy atom. The van der Waals surface area contributed by atoms with E-state index in [2.05, 4.69) is 0 Å². The molecule has 4 nitrogen and oxygen atoms in total. The zero-order chi connectivity index (χ0) is 5.98. The van der Waals surface area contributed by atoms with Crippen LogP contribution >= 0.6 is 0 Å². The van der Waals surface area contributed by atoms with Crippen molar-refractivity contribution < 1.29 is 32.0 Å². The Hall–Kier alpha value is 0.528. The second-order valence-electron chi connectivity index (χ2n) is 2.61. The van der Waals surface area contributed by atoms with Crippen LogP contribution in [0.3, 0.4) is 0 Å². The summed E-state index contributed by atoms with van der Waals surface area (Å²) >= 11 is 0. The molecule has 1 rings (SSSR count). The monoisotopic (exact) mass is 347 g/mol. The molecule has 1 fully saturated rings. The van der Waals surface area contributed by atoms with Gasteiger partial charge in [-0.25, -0.2) is 0 Å². The maximum Gasteiger partial charge on any atom is 4.00 e.